The predicted molar refractivity (Wildman–Crippen MR) is 176 cm³/mol. The number of amides is 2. The summed E-state index contributed by atoms with van der Waals surface area (Å²) in [5, 5.41) is 13.3. The molecule has 0 aliphatic heterocycles. The van der Waals surface area contributed by atoms with Crippen molar-refractivity contribution in [3.8, 4) is 6.26 Å². The average molecular weight is 633 g/mol. The van der Waals surface area contributed by atoms with Crippen LogP contribution in [0.2, 0.25) is 0 Å². The molecule has 6 rings (SSSR count). The van der Waals surface area contributed by atoms with Crippen LogP contribution in [0.4, 0.5) is 16.2 Å². The number of nitrogen functional groups attached to an aromatic ring is 1. The topological polar surface area (TPSA) is 153 Å². The molecule has 0 saturated carbocycles. The summed E-state index contributed by atoms with van der Waals surface area (Å²) in [7, 11) is 0. The van der Waals surface area contributed by atoms with E-state index in [1.165, 1.54) is 105 Å². The van der Waals surface area contributed by atoms with Gasteiger partial charge in [-0.15, -0.1) is 0 Å². The van der Waals surface area contributed by atoms with E-state index in [4.69, 9.17) is 15.7 Å². The molecule has 248 valence electrons. The molecule has 0 spiro atoms. The zero-order valence-electron chi connectivity index (χ0n) is 27.4. The molecule has 2 aromatic carbocycles. The highest BCUT2D eigenvalue weighted by atomic mass is 16.6. The number of nitrogens with one attached hydrogen (secondary N) is 2. The number of anilines is 2. The van der Waals surface area contributed by atoms with Crippen molar-refractivity contribution in [2.45, 2.75) is 104 Å². The highest BCUT2D eigenvalue weighted by Gasteiger charge is 2.24. The summed E-state index contributed by atoms with van der Waals surface area (Å²) in [6.07, 6.45) is 18.5. The van der Waals surface area contributed by atoms with Gasteiger partial charge in [0.1, 0.15) is 6.54 Å². The predicted octanol–water partition coefficient (Wildman–Crippen LogP) is 5.42. The van der Waals surface area contributed by atoms with E-state index in [1.807, 2.05) is 0 Å². The molecule has 10 nitrogen and oxygen atoms in total. The molecule has 2 aromatic rings. The lowest BCUT2D eigenvalue weighted by atomic mass is 9.85. The van der Waals surface area contributed by atoms with Crippen molar-refractivity contribution >= 4 is 29.3 Å². The molecule has 4 aliphatic rings. The van der Waals surface area contributed by atoms with Crippen molar-refractivity contribution in [2.24, 2.45) is 0 Å². The lowest BCUT2D eigenvalue weighted by Crippen LogP contribution is -2.34. The summed E-state index contributed by atoms with van der Waals surface area (Å²) >= 11 is 0. The Morgan fingerprint density at radius 2 is 1.24 bits per heavy atom. The van der Waals surface area contributed by atoms with Gasteiger partial charge in [0.25, 0.3) is 6.26 Å². The summed E-state index contributed by atoms with van der Waals surface area (Å²) in [5.41, 5.74) is 20.1. The second-order valence-electron chi connectivity index (χ2n) is 12.0. The van der Waals surface area contributed by atoms with E-state index in [2.05, 4.69) is 32.2 Å². The summed E-state index contributed by atoms with van der Waals surface area (Å²) in [6, 6.07) is 4.03. The van der Waals surface area contributed by atoms with E-state index in [0.29, 0.717) is 13.2 Å². The van der Waals surface area contributed by atoms with Crippen LogP contribution in [-0.4, -0.2) is 44.3 Å². The zero-order valence-corrected chi connectivity index (χ0v) is 27.4. The second-order valence-corrected chi connectivity index (χ2v) is 12.0. The van der Waals surface area contributed by atoms with E-state index in [-0.39, 0.29) is 19.2 Å². The van der Waals surface area contributed by atoms with Gasteiger partial charge in [-0.3, -0.25) is 4.79 Å². The number of hydrogen-bond acceptors (Lipinski definition) is 8. The maximum atomic E-state index is 12.1. The van der Waals surface area contributed by atoms with E-state index < -0.39 is 11.9 Å². The van der Waals surface area contributed by atoms with Gasteiger partial charge in [0.15, 0.2) is 6.61 Å². The van der Waals surface area contributed by atoms with Crippen molar-refractivity contribution in [2.75, 3.05) is 37.4 Å². The summed E-state index contributed by atoms with van der Waals surface area (Å²) in [6.45, 7) is 3.67. The number of benzene rings is 2. The molecule has 0 heterocycles. The minimum atomic E-state index is -0.515. The standard InChI is InChI=1S/C18H24N2O3.C13H17N.C5H7NO3/c1-2-23-17(21)11-19-18(22)20-16-10-12-6-5-9-13(12)14-7-3-4-8-15(14)16;14-13-8-9-4-3-7-10(9)11-5-1-2-6-12(11)13;1-2-9-5(7)3-8-4-6/h10H,2-9,11H2,1H3,(H2,19,20,22);8H,1-7,14H2;2-3H2,1H3. The van der Waals surface area contributed by atoms with E-state index in [0.717, 1.165) is 30.6 Å². The number of aryl methyl sites for hydroxylation is 2. The number of esters is 2. The molecule has 4 aliphatic carbocycles. The van der Waals surface area contributed by atoms with E-state index in [9.17, 15) is 14.4 Å². The SMILES string of the molecule is CCOC(=O)CNC(=O)Nc1cc2c(c3c1CCCC3)CCC2.CCOC(=O)COC#N.Nc1cc2c(c3c1CCCC3)CCC2. The monoisotopic (exact) mass is 632 g/mol. The summed E-state index contributed by atoms with van der Waals surface area (Å²) in [5.74, 6) is -0.933. The van der Waals surface area contributed by atoms with Gasteiger partial charge >= 0.3 is 18.0 Å². The average Bonchev–Trinajstić information content (AvgIpc) is 3.74. The first-order valence-electron chi connectivity index (χ1n) is 16.8. The van der Waals surface area contributed by atoms with Crippen molar-refractivity contribution < 1.29 is 28.6 Å². The number of carbonyl (C=O) groups excluding carboxylic acids is 3. The number of urea groups is 1. The third-order valence-electron chi connectivity index (χ3n) is 9.01. The Morgan fingerprint density at radius 1 is 0.717 bits per heavy atom. The maximum Gasteiger partial charge on any atom is 0.345 e. The number of carbonyl (C=O) groups is 3. The van der Waals surface area contributed by atoms with Crippen LogP contribution in [0.5, 0.6) is 0 Å². The fraction of sp³-hybridized carbons (Fsp3) is 0.556. The zero-order chi connectivity index (χ0) is 32.9. The number of nitrogens with zero attached hydrogens (tertiary/aromatic N) is 1. The first-order chi connectivity index (χ1) is 22.4. The van der Waals surface area contributed by atoms with Gasteiger partial charge in [-0.25, -0.2) is 9.59 Å². The smallest absolute Gasteiger partial charge is 0.345 e. The van der Waals surface area contributed by atoms with Crippen molar-refractivity contribution in [1.29, 1.82) is 5.26 Å². The molecule has 10 heteroatoms. The van der Waals surface area contributed by atoms with Gasteiger partial charge in [-0.05, 0) is 160 Å². The normalized spacial score (nSPS) is 15.1. The Balaban J connectivity index is 0.000000177. The Kier molecular flexibility index (Phi) is 13.1. The third kappa shape index (κ3) is 9.15. The molecule has 0 aromatic heterocycles. The van der Waals surface area contributed by atoms with Crippen LogP contribution >= 0.6 is 0 Å². The van der Waals surface area contributed by atoms with Gasteiger partial charge in [0, 0.05) is 11.4 Å². The molecule has 0 saturated heterocycles. The number of ether oxygens (including phenoxy) is 3. The van der Waals surface area contributed by atoms with Crippen molar-refractivity contribution in [1.82, 2.24) is 5.32 Å². The number of fused-ring (bicyclic) bond motifs is 6. The largest absolute Gasteiger partial charge is 0.465 e. The summed E-state index contributed by atoms with van der Waals surface area (Å²) < 4.78 is 13.3. The molecular formula is C36H48N4O6. The van der Waals surface area contributed by atoms with Crippen LogP contribution in [0.1, 0.15) is 96.9 Å². The van der Waals surface area contributed by atoms with Crippen molar-refractivity contribution in [3.63, 3.8) is 0 Å². The minimum Gasteiger partial charge on any atom is -0.465 e. The van der Waals surface area contributed by atoms with Gasteiger partial charge < -0.3 is 30.6 Å². The van der Waals surface area contributed by atoms with Crippen LogP contribution in [0.25, 0.3) is 0 Å². The third-order valence-corrected chi connectivity index (χ3v) is 9.01. The van der Waals surface area contributed by atoms with Gasteiger partial charge in [-0.1, -0.05) is 0 Å². The Bertz CT molecular complexity index is 1440. The fourth-order valence-corrected chi connectivity index (χ4v) is 7.11. The molecule has 0 unspecified atom stereocenters. The Morgan fingerprint density at radius 3 is 1.85 bits per heavy atom. The van der Waals surface area contributed by atoms with Crippen LogP contribution in [0.3, 0.4) is 0 Å². The van der Waals surface area contributed by atoms with Crippen molar-refractivity contribution in [3.05, 3.63) is 56.6 Å². The number of rotatable bonds is 7. The molecule has 4 N–H and O–H groups in total. The number of nitrogens with two attached hydrogens (primary N) is 1. The highest BCUT2D eigenvalue weighted by Crippen LogP contribution is 2.38. The Labute approximate surface area is 272 Å². The van der Waals surface area contributed by atoms with Crippen LogP contribution < -0.4 is 16.4 Å². The number of hydrogen-bond donors (Lipinski definition) is 3. The molecule has 0 bridgehead atoms. The lowest BCUT2D eigenvalue weighted by molar-refractivity contribution is -0.146. The van der Waals surface area contributed by atoms with Gasteiger partial charge in [-0.2, -0.15) is 5.26 Å². The number of nitriles is 1. The molecule has 0 radical (unpaired) electrons. The lowest BCUT2D eigenvalue weighted by Gasteiger charge is -2.23. The highest BCUT2D eigenvalue weighted by molar-refractivity contribution is 5.92. The van der Waals surface area contributed by atoms with Gasteiger partial charge in [0.2, 0.25) is 0 Å². The molecular weight excluding hydrogens is 584 g/mol. The van der Waals surface area contributed by atoms with Crippen LogP contribution in [-0.2, 0) is 75.2 Å². The maximum absolute atomic E-state index is 12.1. The fourth-order valence-electron chi connectivity index (χ4n) is 7.11. The van der Waals surface area contributed by atoms with E-state index in [1.54, 1.807) is 30.5 Å². The Hall–Kier alpha value is -4.26. The molecule has 0 atom stereocenters. The second kappa shape index (κ2) is 17.4. The van der Waals surface area contributed by atoms with Crippen LogP contribution in [0.15, 0.2) is 12.1 Å². The molecule has 46 heavy (non-hydrogen) atoms. The molecule has 0 fully saturated rings. The molecule has 2 amide bonds. The first kappa shape index (κ1) is 34.6. The van der Waals surface area contributed by atoms with Crippen LogP contribution in [0, 0.1) is 11.5 Å². The first-order valence-corrected chi connectivity index (χ1v) is 16.8. The minimum absolute atomic E-state index is 0.104. The quantitative estimate of drug-likeness (QED) is 0.208. The van der Waals surface area contributed by atoms with E-state index >= 15 is 0 Å². The summed E-state index contributed by atoms with van der Waals surface area (Å²) in [4.78, 5) is 33.7. The van der Waals surface area contributed by atoms with Gasteiger partial charge in [0.05, 0.1) is 13.2 Å².